The monoisotopic (exact) mass is 324 g/mol. The molecule has 0 spiro atoms. The van der Waals surface area contributed by atoms with E-state index in [9.17, 15) is 4.79 Å². The molecule has 0 aliphatic heterocycles. The summed E-state index contributed by atoms with van der Waals surface area (Å²) >= 11 is 0. The molecule has 0 bridgehead atoms. The lowest BCUT2D eigenvalue weighted by Gasteiger charge is -2.13. The molecule has 0 saturated carbocycles. The summed E-state index contributed by atoms with van der Waals surface area (Å²) in [5.41, 5.74) is 2.78. The van der Waals surface area contributed by atoms with Gasteiger partial charge in [0.05, 0.1) is 24.8 Å². The Bertz CT molecular complexity index is 791. The first-order valence-corrected chi connectivity index (χ1v) is 7.95. The lowest BCUT2D eigenvalue weighted by Crippen LogP contribution is -2.19. The average molecular weight is 324 g/mol. The van der Waals surface area contributed by atoms with Gasteiger partial charge in [-0.2, -0.15) is 0 Å². The van der Waals surface area contributed by atoms with Crippen LogP contribution in [0.25, 0.3) is 11.0 Å². The quantitative estimate of drug-likeness (QED) is 0.705. The summed E-state index contributed by atoms with van der Waals surface area (Å²) in [6, 6.07) is 15.4. The van der Waals surface area contributed by atoms with E-state index in [0.717, 1.165) is 22.3 Å². The van der Waals surface area contributed by atoms with Crippen LogP contribution in [-0.2, 0) is 16.0 Å². The van der Waals surface area contributed by atoms with Crippen molar-refractivity contribution in [2.24, 2.45) is 0 Å². The maximum absolute atomic E-state index is 12.4. The van der Waals surface area contributed by atoms with Gasteiger partial charge in [-0.15, -0.1) is 0 Å². The van der Waals surface area contributed by atoms with Crippen LogP contribution in [0.2, 0.25) is 0 Å². The van der Waals surface area contributed by atoms with Crippen LogP contribution < -0.4 is 4.74 Å². The SMILES string of the molecule is CCOC(=O)[C@H](Cc1ccc(OC)cc1)c1nc2ccccc2[nH]1. The third-order valence-corrected chi connectivity index (χ3v) is 3.91. The van der Waals surface area contributed by atoms with E-state index in [1.807, 2.05) is 48.5 Å². The normalized spacial score (nSPS) is 12.1. The molecule has 3 rings (SSSR count). The molecule has 5 nitrogen and oxygen atoms in total. The first-order valence-electron chi connectivity index (χ1n) is 7.95. The fraction of sp³-hybridized carbons (Fsp3) is 0.263. The number of hydrogen-bond acceptors (Lipinski definition) is 4. The van der Waals surface area contributed by atoms with Crippen molar-refractivity contribution in [2.75, 3.05) is 13.7 Å². The van der Waals surface area contributed by atoms with E-state index < -0.39 is 5.92 Å². The van der Waals surface area contributed by atoms with Crippen LogP contribution in [-0.4, -0.2) is 29.7 Å². The Morgan fingerprint density at radius 2 is 1.92 bits per heavy atom. The zero-order valence-electron chi connectivity index (χ0n) is 13.8. The van der Waals surface area contributed by atoms with Crippen LogP contribution in [0, 0.1) is 0 Å². The first kappa shape index (κ1) is 16.1. The molecule has 24 heavy (non-hydrogen) atoms. The predicted molar refractivity (Wildman–Crippen MR) is 92.2 cm³/mol. The Morgan fingerprint density at radius 1 is 1.17 bits per heavy atom. The zero-order chi connectivity index (χ0) is 16.9. The highest BCUT2D eigenvalue weighted by atomic mass is 16.5. The minimum absolute atomic E-state index is 0.271. The molecule has 0 radical (unpaired) electrons. The molecule has 1 N–H and O–H groups in total. The van der Waals surface area contributed by atoms with Crippen molar-refractivity contribution in [2.45, 2.75) is 19.3 Å². The Kier molecular flexibility index (Phi) is 4.79. The van der Waals surface area contributed by atoms with Gasteiger partial charge in [0.25, 0.3) is 0 Å². The smallest absolute Gasteiger partial charge is 0.316 e. The fourth-order valence-electron chi connectivity index (χ4n) is 2.67. The third-order valence-electron chi connectivity index (χ3n) is 3.91. The van der Waals surface area contributed by atoms with E-state index in [1.165, 1.54) is 0 Å². The van der Waals surface area contributed by atoms with E-state index in [-0.39, 0.29) is 5.97 Å². The number of esters is 1. The van der Waals surface area contributed by atoms with E-state index in [0.29, 0.717) is 18.9 Å². The van der Waals surface area contributed by atoms with Gasteiger partial charge in [-0.25, -0.2) is 4.98 Å². The summed E-state index contributed by atoms with van der Waals surface area (Å²) in [7, 11) is 1.63. The van der Waals surface area contributed by atoms with Crippen LogP contribution in [0.15, 0.2) is 48.5 Å². The van der Waals surface area contributed by atoms with E-state index >= 15 is 0 Å². The molecule has 124 valence electrons. The molecule has 1 aromatic heterocycles. The maximum Gasteiger partial charge on any atom is 0.316 e. The Hall–Kier alpha value is -2.82. The van der Waals surface area contributed by atoms with Crippen molar-refractivity contribution in [3.05, 3.63) is 59.9 Å². The molecule has 0 unspecified atom stereocenters. The van der Waals surface area contributed by atoms with Crippen LogP contribution in [0.1, 0.15) is 24.2 Å². The number of H-pyrrole nitrogens is 1. The lowest BCUT2D eigenvalue weighted by molar-refractivity contribution is -0.145. The Labute approximate surface area is 140 Å². The number of aromatic nitrogens is 2. The lowest BCUT2D eigenvalue weighted by atomic mass is 9.98. The average Bonchev–Trinajstić information content (AvgIpc) is 3.04. The summed E-state index contributed by atoms with van der Waals surface area (Å²) in [5.74, 6) is 0.679. The molecule has 0 saturated heterocycles. The highest BCUT2D eigenvalue weighted by Gasteiger charge is 2.25. The number of fused-ring (bicyclic) bond motifs is 1. The van der Waals surface area contributed by atoms with Crippen molar-refractivity contribution < 1.29 is 14.3 Å². The standard InChI is InChI=1S/C19H20N2O3/c1-3-24-19(22)15(12-13-8-10-14(23-2)11-9-13)18-20-16-6-4-5-7-17(16)21-18/h4-11,15H,3,12H2,1-2H3,(H,20,21)/t15-/m1/s1. The second-order valence-electron chi connectivity index (χ2n) is 5.50. The van der Waals surface area contributed by atoms with Crippen molar-refractivity contribution in [1.82, 2.24) is 9.97 Å². The summed E-state index contributed by atoms with van der Waals surface area (Å²) in [6.07, 6.45) is 0.517. The number of carbonyl (C=O) groups excluding carboxylic acids is 1. The third kappa shape index (κ3) is 3.40. The van der Waals surface area contributed by atoms with Gasteiger partial charge < -0.3 is 14.5 Å². The molecule has 0 aliphatic rings. The number of nitrogens with one attached hydrogen (secondary N) is 1. The number of para-hydroxylation sites is 2. The highest BCUT2D eigenvalue weighted by Crippen LogP contribution is 2.24. The van der Waals surface area contributed by atoms with E-state index in [1.54, 1.807) is 14.0 Å². The summed E-state index contributed by atoms with van der Waals surface area (Å²) in [4.78, 5) is 20.2. The summed E-state index contributed by atoms with van der Waals surface area (Å²) < 4.78 is 10.4. The topological polar surface area (TPSA) is 64.2 Å². The molecule has 5 heteroatoms. The van der Waals surface area contributed by atoms with Crippen molar-refractivity contribution in [1.29, 1.82) is 0 Å². The van der Waals surface area contributed by atoms with Gasteiger partial charge in [0.1, 0.15) is 17.5 Å². The maximum atomic E-state index is 12.4. The highest BCUT2D eigenvalue weighted by molar-refractivity contribution is 5.81. The van der Waals surface area contributed by atoms with Crippen LogP contribution >= 0.6 is 0 Å². The first-order chi connectivity index (χ1) is 11.7. The number of rotatable bonds is 6. The van der Waals surface area contributed by atoms with E-state index in [2.05, 4.69) is 9.97 Å². The second-order valence-corrected chi connectivity index (χ2v) is 5.50. The van der Waals surface area contributed by atoms with Crippen LogP contribution in [0.3, 0.4) is 0 Å². The predicted octanol–water partition coefficient (Wildman–Crippen LogP) is 3.46. The van der Waals surface area contributed by atoms with Gasteiger partial charge in [0, 0.05) is 0 Å². The van der Waals surface area contributed by atoms with Gasteiger partial charge in [0.2, 0.25) is 0 Å². The van der Waals surface area contributed by atoms with Gasteiger partial charge in [0.15, 0.2) is 0 Å². The van der Waals surface area contributed by atoms with Crippen molar-refractivity contribution >= 4 is 17.0 Å². The van der Waals surface area contributed by atoms with Crippen molar-refractivity contribution in [3.8, 4) is 5.75 Å². The Morgan fingerprint density at radius 3 is 2.58 bits per heavy atom. The molecule has 0 fully saturated rings. The van der Waals surface area contributed by atoms with Crippen molar-refractivity contribution in [3.63, 3.8) is 0 Å². The molecular weight excluding hydrogens is 304 g/mol. The van der Waals surface area contributed by atoms with Crippen LogP contribution in [0.5, 0.6) is 5.75 Å². The molecule has 1 atom stereocenters. The number of aromatic amines is 1. The molecule has 1 heterocycles. The molecular formula is C19H20N2O3. The number of carbonyl (C=O) groups is 1. The molecule has 2 aromatic carbocycles. The van der Waals surface area contributed by atoms with E-state index in [4.69, 9.17) is 9.47 Å². The largest absolute Gasteiger partial charge is 0.497 e. The summed E-state index contributed by atoms with van der Waals surface area (Å²) in [6.45, 7) is 2.15. The minimum atomic E-state index is -0.467. The number of nitrogens with zero attached hydrogens (tertiary/aromatic N) is 1. The molecule has 0 amide bonds. The fourth-order valence-corrected chi connectivity index (χ4v) is 2.67. The summed E-state index contributed by atoms with van der Waals surface area (Å²) in [5, 5.41) is 0. The van der Waals surface area contributed by atoms with Gasteiger partial charge in [-0.05, 0) is 43.2 Å². The molecule has 3 aromatic rings. The number of benzene rings is 2. The van der Waals surface area contributed by atoms with Crippen LogP contribution in [0.4, 0.5) is 0 Å². The van der Waals surface area contributed by atoms with Gasteiger partial charge in [-0.3, -0.25) is 4.79 Å². The number of methoxy groups -OCH3 is 1. The van der Waals surface area contributed by atoms with Gasteiger partial charge in [-0.1, -0.05) is 24.3 Å². The number of ether oxygens (including phenoxy) is 2. The number of hydrogen-bond donors (Lipinski definition) is 1. The zero-order valence-corrected chi connectivity index (χ0v) is 13.8. The minimum Gasteiger partial charge on any atom is -0.497 e. The number of imidazole rings is 1. The second kappa shape index (κ2) is 7.17. The molecule has 0 aliphatic carbocycles. The Balaban J connectivity index is 1.91. The van der Waals surface area contributed by atoms with Gasteiger partial charge >= 0.3 is 5.97 Å².